The molecule has 146 valence electrons. The molecule has 1 fully saturated rings. The molecule has 2 rings (SSSR count). The van der Waals surface area contributed by atoms with E-state index in [1.165, 1.54) is 12.7 Å². The molecule has 0 aromatic carbocycles. The van der Waals surface area contributed by atoms with Crippen LogP contribution in [0.25, 0.3) is 0 Å². The summed E-state index contributed by atoms with van der Waals surface area (Å²) in [4.78, 5) is 25.0. The summed E-state index contributed by atoms with van der Waals surface area (Å²) in [5.74, 6) is -1.15. The normalized spacial score (nSPS) is 38.3. The lowest BCUT2D eigenvalue weighted by molar-refractivity contribution is -0.143. The predicted octanol–water partition coefficient (Wildman–Crippen LogP) is 3.36. The van der Waals surface area contributed by atoms with Gasteiger partial charge in [0, 0.05) is 17.4 Å². The second-order valence-corrected chi connectivity index (χ2v) is 8.05. The van der Waals surface area contributed by atoms with Crippen molar-refractivity contribution in [3.8, 4) is 0 Å². The molecular formula is C21H32O5. The lowest BCUT2D eigenvalue weighted by Crippen LogP contribution is -2.40. The van der Waals surface area contributed by atoms with Gasteiger partial charge in [-0.2, -0.15) is 0 Å². The predicted molar refractivity (Wildman–Crippen MR) is 99.6 cm³/mol. The number of ketones is 1. The van der Waals surface area contributed by atoms with Gasteiger partial charge >= 0.3 is 5.97 Å². The summed E-state index contributed by atoms with van der Waals surface area (Å²) in [5.41, 5.74) is 0.472. The molecule has 2 aliphatic rings. The molecule has 5 heteroatoms. The summed E-state index contributed by atoms with van der Waals surface area (Å²) in [6.07, 6.45) is 5.27. The fourth-order valence-corrected chi connectivity index (χ4v) is 3.94. The van der Waals surface area contributed by atoms with E-state index in [4.69, 9.17) is 9.47 Å². The minimum Gasteiger partial charge on any atom is -0.466 e. The van der Waals surface area contributed by atoms with Gasteiger partial charge in [-0.05, 0) is 52.4 Å². The van der Waals surface area contributed by atoms with E-state index in [2.05, 4.69) is 19.6 Å². The zero-order chi connectivity index (χ0) is 19.5. The molecule has 2 heterocycles. The number of hydrogen-bond acceptors (Lipinski definition) is 5. The van der Waals surface area contributed by atoms with Crippen LogP contribution in [0, 0.1) is 11.8 Å². The fraction of sp³-hybridized carbons (Fsp3) is 0.714. The number of Topliss-reactive ketones (excluding diaryl/α,β-unsaturated/α-hetero) is 1. The highest BCUT2D eigenvalue weighted by Gasteiger charge is 2.49. The SMILES string of the molecule is C=C(C(=O)OC)[C@@H]1C[C@@H]2O[C@H]1C(=O)[C@@H](C)CCC/C(C)=C/CC[C@@]2(C)O. The third-order valence-corrected chi connectivity index (χ3v) is 5.85. The summed E-state index contributed by atoms with van der Waals surface area (Å²) >= 11 is 0. The van der Waals surface area contributed by atoms with Crippen molar-refractivity contribution in [2.75, 3.05) is 7.11 Å². The highest BCUT2D eigenvalue weighted by molar-refractivity contribution is 5.92. The third-order valence-electron chi connectivity index (χ3n) is 5.85. The molecule has 0 aromatic rings. The average molecular weight is 364 g/mol. The number of rotatable bonds is 2. The standard InChI is InChI=1S/C21H32O5/c1-13-8-6-10-14(2)18(22)19-16(15(3)20(23)25-5)12-17(26-19)21(4,24)11-7-9-13/h9,14,16-17,19,24H,3,6-8,10-12H2,1-2,4-5H3/b13-9+/t14-,16-,17-,19+,21+/m0/s1. The molecule has 1 saturated heterocycles. The Labute approximate surface area is 156 Å². The van der Waals surface area contributed by atoms with Gasteiger partial charge in [0.1, 0.15) is 6.10 Å². The zero-order valence-corrected chi connectivity index (χ0v) is 16.4. The second-order valence-electron chi connectivity index (χ2n) is 8.05. The quantitative estimate of drug-likeness (QED) is 0.462. The van der Waals surface area contributed by atoms with Gasteiger partial charge in [-0.3, -0.25) is 4.79 Å². The van der Waals surface area contributed by atoms with Crippen LogP contribution in [0.1, 0.15) is 59.3 Å². The average Bonchev–Trinajstić information content (AvgIpc) is 3.04. The topological polar surface area (TPSA) is 72.8 Å². The van der Waals surface area contributed by atoms with E-state index in [1.54, 1.807) is 6.92 Å². The number of esters is 1. The first-order valence-corrected chi connectivity index (χ1v) is 9.51. The van der Waals surface area contributed by atoms with Crippen LogP contribution in [0.15, 0.2) is 23.8 Å². The number of carbonyl (C=O) groups excluding carboxylic acids is 2. The van der Waals surface area contributed by atoms with Crippen LogP contribution in [0.2, 0.25) is 0 Å². The van der Waals surface area contributed by atoms with Gasteiger partial charge in [0.2, 0.25) is 0 Å². The highest BCUT2D eigenvalue weighted by Crippen LogP contribution is 2.40. The number of allylic oxidation sites excluding steroid dienone is 2. The molecule has 0 spiro atoms. The van der Waals surface area contributed by atoms with Crippen LogP contribution in [-0.2, 0) is 19.1 Å². The Balaban J connectivity index is 2.32. The molecule has 26 heavy (non-hydrogen) atoms. The van der Waals surface area contributed by atoms with Gasteiger partial charge in [-0.25, -0.2) is 4.79 Å². The van der Waals surface area contributed by atoms with Crippen LogP contribution in [-0.4, -0.2) is 41.8 Å². The maximum absolute atomic E-state index is 13.0. The lowest BCUT2D eigenvalue weighted by atomic mass is 9.82. The van der Waals surface area contributed by atoms with Crippen LogP contribution in [0.5, 0.6) is 0 Å². The van der Waals surface area contributed by atoms with Crippen LogP contribution < -0.4 is 0 Å². The highest BCUT2D eigenvalue weighted by atomic mass is 16.5. The zero-order valence-electron chi connectivity index (χ0n) is 16.4. The van der Waals surface area contributed by atoms with Crippen molar-refractivity contribution in [1.29, 1.82) is 0 Å². The molecule has 2 aliphatic heterocycles. The Morgan fingerprint density at radius 3 is 2.81 bits per heavy atom. The molecule has 5 atom stereocenters. The smallest absolute Gasteiger partial charge is 0.333 e. The first-order chi connectivity index (χ1) is 12.2. The molecule has 0 aromatic heterocycles. The third kappa shape index (κ3) is 4.63. The molecule has 0 radical (unpaired) electrons. The minimum atomic E-state index is -1.07. The molecule has 0 saturated carbocycles. The van der Waals surface area contributed by atoms with Crippen molar-refractivity contribution in [1.82, 2.24) is 0 Å². The Hall–Kier alpha value is -1.46. The first-order valence-electron chi connectivity index (χ1n) is 9.51. The Morgan fingerprint density at radius 2 is 2.15 bits per heavy atom. The number of carbonyl (C=O) groups is 2. The van der Waals surface area contributed by atoms with E-state index in [1.807, 2.05) is 6.92 Å². The number of hydrogen-bond donors (Lipinski definition) is 1. The molecule has 0 unspecified atom stereocenters. The van der Waals surface area contributed by atoms with Crippen molar-refractivity contribution < 1.29 is 24.2 Å². The van der Waals surface area contributed by atoms with Crippen LogP contribution >= 0.6 is 0 Å². The van der Waals surface area contributed by atoms with E-state index >= 15 is 0 Å². The molecule has 5 nitrogen and oxygen atoms in total. The Morgan fingerprint density at radius 1 is 1.46 bits per heavy atom. The van der Waals surface area contributed by atoms with Gasteiger partial charge in [0.15, 0.2) is 5.78 Å². The van der Waals surface area contributed by atoms with Crippen molar-refractivity contribution in [2.24, 2.45) is 11.8 Å². The summed E-state index contributed by atoms with van der Waals surface area (Å²) in [5, 5.41) is 10.9. The molecular weight excluding hydrogens is 332 g/mol. The van der Waals surface area contributed by atoms with Crippen molar-refractivity contribution in [3.05, 3.63) is 23.8 Å². The van der Waals surface area contributed by atoms with Crippen molar-refractivity contribution >= 4 is 11.8 Å². The van der Waals surface area contributed by atoms with Gasteiger partial charge in [-0.1, -0.05) is 25.2 Å². The maximum atomic E-state index is 13.0. The Bertz CT molecular complexity index is 589. The van der Waals surface area contributed by atoms with Crippen LogP contribution in [0.3, 0.4) is 0 Å². The Kier molecular flexibility index (Phi) is 6.80. The lowest BCUT2D eigenvalue weighted by Gasteiger charge is -2.29. The monoisotopic (exact) mass is 364 g/mol. The van der Waals surface area contributed by atoms with E-state index in [0.29, 0.717) is 12.8 Å². The summed E-state index contributed by atoms with van der Waals surface area (Å²) < 4.78 is 10.8. The van der Waals surface area contributed by atoms with E-state index in [0.717, 1.165) is 25.7 Å². The number of aliphatic hydroxyl groups is 1. The van der Waals surface area contributed by atoms with Crippen molar-refractivity contribution in [2.45, 2.75) is 77.1 Å². The second kappa shape index (κ2) is 8.49. The summed E-state index contributed by atoms with van der Waals surface area (Å²) in [6.45, 7) is 9.60. The van der Waals surface area contributed by atoms with Gasteiger partial charge in [-0.15, -0.1) is 0 Å². The summed E-state index contributed by atoms with van der Waals surface area (Å²) in [7, 11) is 1.30. The number of ether oxygens (including phenoxy) is 2. The van der Waals surface area contributed by atoms with E-state index in [-0.39, 0.29) is 17.3 Å². The first kappa shape index (κ1) is 20.8. The number of fused-ring (bicyclic) bond motifs is 2. The van der Waals surface area contributed by atoms with E-state index in [9.17, 15) is 14.7 Å². The fourth-order valence-electron chi connectivity index (χ4n) is 3.94. The summed E-state index contributed by atoms with van der Waals surface area (Å²) in [6, 6.07) is 0. The maximum Gasteiger partial charge on any atom is 0.333 e. The molecule has 1 N–H and O–H groups in total. The van der Waals surface area contributed by atoms with Gasteiger partial charge in [0.05, 0.1) is 18.8 Å². The molecule has 0 aliphatic carbocycles. The van der Waals surface area contributed by atoms with Gasteiger partial charge in [0.25, 0.3) is 0 Å². The van der Waals surface area contributed by atoms with Crippen LogP contribution in [0.4, 0.5) is 0 Å². The van der Waals surface area contributed by atoms with Gasteiger partial charge < -0.3 is 14.6 Å². The molecule has 0 amide bonds. The molecule has 2 bridgehead atoms. The van der Waals surface area contributed by atoms with Crippen molar-refractivity contribution in [3.63, 3.8) is 0 Å². The van der Waals surface area contributed by atoms with E-state index < -0.39 is 29.7 Å². The minimum absolute atomic E-state index is 0.0146. The number of methoxy groups -OCH3 is 1. The largest absolute Gasteiger partial charge is 0.466 e.